The molecule has 2 nitrogen and oxygen atoms in total. The highest BCUT2D eigenvalue weighted by Crippen LogP contribution is 2.20. The molecule has 1 aromatic rings. The Labute approximate surface area is 102 Å². The zero-order chi connectivity index (χ0) is 12.1. The molecule has 1 aromatic carbocycles. The van der Waals surface area contributed by atoms with Crippen molar-refractivity contribution in [2.24, 2.45) is 0 Å². The van der Waals surface area contributed by atoms with E-state index in [1.165, 1.54) is 6.42 Å². The first-order chi connectivity index (χ1) is 8.29. The van der Waals surface area contributed by atoms with Gasteiger partial charge in [-0.3, -0.25) is 4.79 Å². The molecule has 0 fully saturated rings. The molecule has 17 heavy (non-hydrogen) atoms. The van der Waals surface area contributed by atoms with Crippen molar-refractivity contribution < 1.29 is 9.53 Å². The molecule has 0 amide bonds. The van der Waals surface area contributed by atoms with Crippen molar-refractivity contribution in [1.82, 2.24) is 0 Å². The van der Waals surface area contributed by atoms with Crippen LogP contribution in [0.2, 0.25) is 0 Å². The molecule has 0 saturated carbocycles. The molecule has 0 aromatic heterocycles. The number of rotatable bonds is 4. The fourth-order valence-electron chi connectivity index (χ4n) is 2.17. The summed E-state index contributed by atoms with van der Waals surface area (Å²) in [5, 5.41) is 0. The lowest BCUT2D eigenvalue weighted by Crippen LogP contribution is -2.08. The molecular weight excluding hydrogens is 212 g/mol. The number of hydrogen-bond acceptors (Lipinski definition) is 2. The highest BCUT2D eigenvalue weighted by atomic mass is 16.5. The van der Waals surface area contributed by atoms with E-state index in [1.54, 1.807) is 7.11 Å². The molecular formula is C15H18O2. The van der Waals surface area contributed by atoms with E-state index in [-0.39, 0.29) is 5.78 Å². The van der Waals surface area contributed by atoms with E-state index in [4.69, 9.17) is 4.74 Å². The SMILES string of the molecule is COc1cccc(CC(=O)C2=CCCCC2)c1. The second-order valence-corrected chi connectivity index (χ2v) is 4.43. The maximum Gasteiger partial charge on any atom is 0.162 e. The smallest absolute Gasteiger partial charge is 0.162 e. The first kappa shape index (κ1) is 11.9. The van der Waals surface area contributed by atoms with Gasteiger partial charge in [0.25, 0.3) is 0 Å². The van der Waals surface area contributed by atoms with E-state index < -0.39 is 0 Å². The number of methoxy groups -OCH3 is 1. The van der Waals surface area contributed by atoms with Gasteiger partial charge in [0.1, 0.15) is 5.75 Å². The minimum Gasteiger partial charge on any atom is -0.497 e. The molecule has 0 saturated heterocycles. The highest BCUT2D eigenvalue weighted by Gasteiger charge is 2.12. The summed E-state index contributed by atoms with van der Waals surface area (Å²) in [5.41, 5.74) is 2.04. The van der Waals surface area contributed by atoms with E-state index in [9.17, 15) is 4.79 Å². The van der Waals surface area contributed by atoms with Gasteiger partial charge < -0.3 is 4.74 Å². The van der Waals surface area contributed by atoms with E-state index in [0.29, 0.717) is 6.42 Å². The molecule has 1 aliphatic rings. The summed E-state index contributed by atoms with van der Waals surface area (Å²) in [6.07, 6.45) is 6.96. The van der Waals surface area contributed by atoms with Crippen LogP contribution in [0.1, 0.15) is 31.2 Å². The molecule has 0 atom stereocenters. The summed E-state index contributed by atoms with van der Waals surface area (Å²) >= 11 is 0. The lowest BCUT2D eigenvalue weighted by Gasteiger charge is -2.11. The number of carbonyl (C=O) groups excluding carboxylic acids is 1. The summed E-state index contributed by atoms with van der Waals surface area (Å²) in [5.74, 6) is 1.07. The first-order valence-corrected chi connectivity index (χ1v) is 6.15. The van der Waals surface area contributed by atoms with Crippen molar-refractivity contribution in [2.75, 3.05) is 7.11 Å². The van der Waals surface area contributed by atoms with E-state index in [0.717, 1.165) is 36.1 Å². The minimum absolute atomic E-state index is 0.262. The lowest BCUT2D eigenvalue weighted by atomic mass is 9.93. The van der Waals surface area contributed by atoms with Gasteiger partial charge in [0.05, 0.1) is 7.11 Å². The van der Waals surface area contributed by atoms with Crippen molar-refractivity contribution >= 4 is 5.78 Å². The fourth-order valence-corrected chi connectivity index (χ4v) is 2.17. The Bertz CT molecular complexity index is 432. The Morgan fingerprint density at radius 2 is 2.24 bits per heavy atom. The summed E-state index contributed by atoms with van der Waals surface area (Å²) in [6.45, 7) is 0. The molecule has 0 N–H and O–H groups in total. The zero-order valence-electron chi connectivity index (χ0n) is 10.2. The second kappa shape index (κ2) is 5.67. The van der Waals surface area contributed by atoms with Gasteiger partial charge in [0, 0.05) is 6.42 Å². The first-order valence-electron chi connectivity index (χ1n) is 6.15. The van der Waals surface area contributed by atoms with E-state index in [2.05, 4.69) is 6.08 Å². The number of ketones is 1. The third kappa shape index (κ3) is 3.19. The van der Waals surface area contributed by atoms with Gasteiger partial charge in [0.2, 0.25) is 0 Å². The number of hydrogen-bond donors (Lipinski definition) is 0. The quantitative estimate of drug-likeness (QED) is 0.793. The van der Waals surface area contributed by atoms with Crippen LogP contribution >= 0.6 is 0 Å². The van der Waals surface area contributed by atoms with Crippen LogP contribution in [0.4, 0.5) is 0 Å². The van der Waals surface area contributed by atoms with Crippen LogP contribution in [0.15, 0.2) is 35.9 Å². The largest absolute Gasteiger partial charge is 0.497 e. The standard InChI is InChI=1S/C15H18O2/c1-17-14-9-5-6-12(10-14)11-15(16)13-7-3-2-4-8-13/h5-7,9-10H,2-4,8,11H2,1H3. The molecule has 90 valence electrons. The van der Waals surface area contributed by atoms with Crippen LogP contribution in [0, 0.1) is 0 Å². The molecule has 0 bridgehead atoms. The van der Waals surface area contributed by atoms with Gasteiger partial charge in [-0.2, -0.15) is 0 Å². The van der Waals surface area contributed by atoms with Gasteiger partial charge >= 0.3 is 0 Å². The summed E-state index contributed by atoms with van der Waals surface area (Å²) in [6, 6.07) is 7.73. The topological polar surface area (TPSA) is 26.3 Å². The monoisotopic (exact) mass is 230 g/mol. The summed E-state index contributed by atoms with van der Waals surface area (Å²) < 4.78 is 5.16. The molecule has 1 aliphatic carbocycles. The number of carbonyl (C=O) groups is 1. The maximum absolute atomic E-state index is 12.1. The van der Waals surface area contributed by atoms with Crippen LogP contribution in [-0.4, -0.2) is 12.9 Å². The van der Waals surface area contributed by atoms with Crippen molar-refractivity contribution in [2.45, 2.75) is 32.1 Å². The normalized spacial score (nSPS) is 15.2. The van der Waals surface area contributed by atoms with Crippen LogP contribution in [0.5, 0.6) is 5.75 Å². The fraction of sp³-hybridized carbons (Fsp3) is 0.400. The number of ether oxygens (including phenoxy) is 1. The van der Waals surface area contributed by atoms with Gasteiger partial charge in [-0.15, -0.1) is 0 Å². The lowest BCUT2D eigenvalue weighted by molar-refractivity contribution is -0.115. The van der Waals surface area contributed by atoms with Crippen molar-refractivity contribution in [3.05, 3.63) is 41.5 Å². The molecule has 0 heterocycles. The Balaban J connectivity index is 2.04. The predicted molar refractivity (Wildman–Crippen MR) is 68.3 cm³/mol. The molecule has 0 spiro atoms. The van der Waals surface area contributed by atoms with E-state index >= 15 is 0 Å². The third-order valence-corrected chi connectivity index (χ3v) is 3.15. The molecule has 2 heteroatoms. The summed E-state index contributed by atoms with van der Waals surface area (Å²) in [7, 11) is 1.64. The average molecular weight is 230 g/mol. The Morgan fingerprint density at radius 1 is 1.35 bits per heavy atom. The molecule has 0 aliphatic heterocycles. The van der Waals surface area contributed by atoms with Gasteiger partial charge in [-0.05, 0) is 49.0 Å². The third-order valence-electron chi connectivity index (χ3n) is 3.15. The van der Waals surface area contributed by atoms with Crippen molar-refractivity contribution in [1.29, 1.82) is 0 Å². The number of Topliss-reactive ketones (excluding diaryl/α,β-unsaturated/α-hetero) is 1. The van der Waals surface area contributed by atoms with Gasteiger partial charge in [0.15, 0.2) is 5.78 Å². The van der Waals surface area contributed by atoms with Crippen molar-refractivity contribution in [3.63, 3.8) is 0 Å². The van der Waals surface area contributed by atoms with Crippen LogP contribution in [0.3, 0.4) is 0 Å². The Hall–Kier alpha value is -1.57. The maximum atomic E-state index is 12.1. The van der Waals surface area contributed by atoms with Gasteiger partial charge in [-0.1, -0.05) is 18.2 Å². The summed E-state index contributed by atoms with van der Waals surface area (Å²) in [4.78, 5) is 12.1. The Morgan fingerprint density at radius 3 is 2.94 bits per heavy atom. The van der Waals surface area contributed by atoms with E-state index in [1.807, 2.05) is 24.3 Å². The molecule has 0 radical (unpaired) electrons. The predicted octanol–water partition coefficient (Wildman–Crippen LogP) is 3.31. The van der Waals surface area contributed by atoms with Crippen LogP contribution in [0.25, 0.3) is 0 Å². The number of allylic oxidation sites excluding steroid dienone is 2. The zero-order valence-corrected chi connectivity index (χ0v) is 10.2. The van der Waals surface area contributed by atoms with Gasteiger partial charge in [-0.25, -0.2) is 0 Å². The Kier molecular flexibility index (Phi) is 3.97. The van der Waals surface area contributed by atoms with Crippen molar-refractivity contribution in [3.8, 4) is 5.75 Å². The minimum atomic E-state index is 0.262. The molecule has 0 unspecified atom stereocenters. The average Bonchev–Trinajstić information content (AvgIpc) is 2.40. The molecule has 2 rings (SSSR count). The van der Waals surface area contributed by atoms with Crippen LogP contribution in [-0.2, 0) is 11.2 Å². The second-order valence-electron chi connectivity index (χ2n) is 4.43. The number of benzene rings is 1. The van der Waals surface area contributed by atoms with Crippen LogP contribution < -0.4 is 4.74 Å². The highest BCUT2D eigenvalue weighted by molar-refractivity contribution is 5.96.